The molecule has 0 atom stereocenters. The summed E-state index contributed by atoms with van der Waals surface area (Å²) in [4.78, 5) is 0. The van der Waals surface area contributed by atoms with Gasteiger partial charge in [0.05, 0.1) is 0 Å². The maximum Gasteiger partial charge on any atom is -0.0279 e. The molecule has 13 heavy (non-hydrogen) atoms. The van der Waals surface area contributed by atoms with Crippen molar-refractivity contribution in [1.29, 1.82) is 0 Å². The van der Waals surface area contributed by atoms with Crippen molar-refractivity contribution >= 4 is 13.5 Å². The van der Waals surface area contributed by atoms with Gasteiger partial charge in [0.25, 0.3) is 0 Å². The van der Waals surface area contributed by atoms with Crippen molar-refractivity contribution in [3.8, 4) is 0 Å². The number of unbranched alkanes of at least 4 members (excludes halogenated alkanes) is 1. The van der Waals surface area contributed by atoms with Crippen LogP contribution in [0.1, 0.15) is 39.2 Å². The first-order chi connectivity index (χ1) is 5.93. The molecule has 0 saturated heterocycles. The van der Waals surface area contributed by atoms with Gasteiger partial charge in [-0.15, -0.1) is 0 Å². The van der Waals surface area contributed by atoms with Gasteiger partial charge in [-0.25, -0.2) is 0 Å². The third kappa shape index (κ3) is 7.92. The fourth-order valence-corrected chi connectivity index (χ4v) is 1.03. The molecule has 0 aromatic heterocycles. The van der Waals surface area contributed by atoms with Crippen molar-refractivity contribution in [1.82, 2.24) is 0 Å². The van der Waals surface area contributed by atoms with Crippen LogP contribution in [0.25, 0.3) is 0 Å². The minimum Gasteiger partial charge on any atom is -0.197 e. The lowest BCUT2D eigenvalue weighted by Crippen LogP contribution is -1.81. The summed E-state index contributed by atoms with van der Waals surface area (Å²) in [5, 5.41) is 0. The van der Waals surface area contributed by atoms with Gasteiger partial charge in [0.15, 0.2) is 0 Å². The SMILES string of the molecule is CC.CCCCc1ccccc1.S. The Morgan fingerprint density at radius 1 is 1.00 bits per heavy atom. The molecule has 76 valence electrons. The summed E-state index contributed by atoms with van der Waals surface area (Å²) >= 11 is 0. The summed E-state index contributed by atoms with van der Waals surface area (Å²) in [7, 11) is 0. The molecule has 0 N–H and O–H groups in total. The summed E-state index contributed by atoms with van der Waals surface area (Å²) in [6, 6.07) is 10.6. The van der Waals surface area contributed by atoms with Gasteiger partial charge >= 0.3 is 0 Å². The summed E-state index contributed by atoms with van der Waals surface area (Å²) < 4.78 is 0. The molecule has 0 spiro atoms. The van der Waals surface area contributed by atoms with Crippen molar-refractivity contribution in [3.05, 3.63) is 35.9 Å². The van der Waals surface area contributed by atoms with Crippen LogP contribution >= 0.6 is 13.5 Å². The molecule has 1 aromatic carbocycles. The Kier molecular flexibility index (Phi) is 13.4. The molecule has 0 bridgehead atoms. The fourth-order valence-electron chi connectivity index (χ4n) is 1.03. The largest absolute Gasteiger partial charge is 0.197 e. The van der Waals surface area contributed by atoms with E-state index in [1.165, 1.54) is 24.8 Å². The van der Waals surface area contributed by atoms with Crippen LogP contribution in [-0.2, 0) is 6.42 Å². The number of hydrogen-bond acceptors (Lipinski definition) is 0. The fraction of sp³-hybridized carbons (Fsp3) is 0.500. The highest BCUT2D eigenvalue weighted by Crippen LogP contribution is 2.03. The van der Waals surface area contributed by atoms with Crippen LogP contribution in [0.3, 0.4) is 0 Å². The summed E-state index contributed by atoms with van der Waals surface area (Å²) in [6.45, 7) is 6.23. The Balaban J connectivity index is 0. The van der Waals surface area contributed by atoms with Gasteiger partial charge < -0.3 is 0 Å². The van der Waals surface area contributed by atoms with E-state index in [1.807, 2.05) is 13.8 Å². The second-order valence-electron chi connectivity index (χ2n) is 2.59. The Morgan fingerprint density at radius 2 is 1.54 bits per heavy atom. The zero-order chi connectivity index (χ0) is 9.23. The summed E-state index contributed by atoms with van der Waals surface area (Å²) in [5.74, 6) is 0. The molecule has 0 unspecified atom stereocenters. The van der Waals surface area contributed by atoms with Crippen molar-refractivity contribution in [2.75, 3.05) is 0 Å². The van der Waals surface area contributed by atoms with Gasteiger partial charge in [-0.2, -0.15) is 13.5 Å². The Morgan fingerprint density at radius 3 is 2.00 bits per heavy atom. The third-order valence-electron chi connectivity index (χ3n) is 1.66. The van der Waals surface area contributed by atoms with Gasteiger partial charge in [0, 0.05) is 0 Å². The molecule has 0 saturated carbocycles. The maximum atomic E-state index is 2.23. The number of benzene rings is 1. The van der Waals surface area contributed by atoms with Crippen molar-refractivity contribution in [2.45, 2.75) is 40.0 Å². The average molecular weight is 198 g/mol. The predicted octanol–water partition coefficient (Wildman–Crippen LogP) is 4.17. The Labute approximate surface area is 89.8 Å². The van der Waals surface area contributed by atoms with E-state index in [4.69, 9.17) is 0 Å². The lowest BCUT2D eigenvalue weighted by atomic mass is 10.1. The van der Waals surface area contributed by atoms with Crippen LogP contribution in [0.15, 0.2) is 30.3 Å². The first-order valence-corrected chi connectivity index (χ1v) is 4.97. The molecule has 1 rings (SSSR count). The standard InChI is InChI=1S/C10H14.C2H6.H2S/c1-2-3-7-10-8-5-4-6-9-10;1-2;/h4-6,8-9H,2-3,7H2,1H3;1-2H3;1H2. The van der Waals surface area contributed by atoms with Gasteiger partial charge in [-0.3, -0.25) is 0 Å². The van der Waals surface area contributed by atoms with E-state index in [9.17, 15) is 0 Å². The van der Waals surface area contributed by atoms with E-state index in [0.29, 0.717) is 0 Å². The van der Waals surface area contributed by atoms with E-state index >= 15 is 0 Å². The van der Waals surface area contributed by atoms with Crippen molar-refractivity contribution in [3.63, 3.8) is 0 Å². The summed E-state index contributed by atoms with van der Waals surface area (Å²) in [5.41, 5.74) is 1.46. The van der Waals surface area contributed by atoms with E-state index < -0.39 is 0 Å². The van der Waals surface area contributed by atoms with Gasteiger partial charge in [-0.1, -0.05) is 57.5 Å². The second-order valence-corrected chi connectivity index (χ2v) is 2.59. The van der Waals surface area contributed by atoms with Gasteiger partial charge in [-0.05, 0) is 18.4 Å². The Hall–Kier alpha value is -0.430. The zero-order valence-electron chi connectivity index (χ0n) is 9.01. The quantitative estimate of drug-likeness (QED) is 0.684. The van der Waals surface area contributed by atoms with E-state index in [-0.39, 0.29) is 13.5 Å². The first-order valence-electron chi connectivity index (χ1n) is 4.97. The van der Waals surface area contributed by atoms with Crippen LogP contribution in [0, 0.1) is 0 Å². The lowest BCUT2D eigenvalue weighted by Gasteiger charge is -1.96. The minimum absolute atomic E-state index is 0. The molecule has 0 fully saturated rings. The first kappa shape index (κ1) is 15.1. The van der Waals surface area contributed by atoms with Crippen LogP contribution in [-0.4, -0.2) is 0 Å². The highest BCUT2D eigenvalue weighted by Gasteiger charge is 1.87. The van der Waals surface area contributed by atoms with Crippen LogP contribution in [0.5, 0.6) is 0 Å². The zero-order valence-corrected chi connectivity index (χ0v) is 10.0. The average Bonchev–Trinajstić information content (AvgIpc) is 2.19. The molecule has 0 nitrogen and oxygen atoms in total. The van der Waals surface area contributed by atoms with Crippen molar-refractivity contribution < 1.29 is 0 Å². The maximum absolute atomic E-state index is 2.23. The molecule has 0 aliphatic heterocycles. The molecule has 0 radical (unpaired) electrons. The number of aryl methyl sites for hydroxylation is 1. The molecule has 0 heterocycles. The van der Waals surface area contributed by atoms with Crippen molar-refractivity contribution in [2.24, 2.45) is 0 Å². The highest BCUT2D eigenvalue weighted by atomic mass is 32.1. The van der Waals surface area contributed by atoms with E-state index in [1.54, 1.807) is 0 Å². The van der Waals surface area contributed by atoms with Crippen LogP contribution in [0.4, 0.5) is 0 Å². The minimum atomic E-state index is 0. The topological polar surface area (TPSA) is 0 Å². The molecule has 1 heteroatoms. The lowest BCUT2D eigenvalue weighted by molar-refractivity contribution is 0.795. The molecule has 0 aliphatic carbocycles. The van der Waals surface area contributed by atoms with Crippen LogP contribution in [0.2, 0.25) is 0 Å². The van der Waals surface area contributed by atoms with E-state index in [0.717, 1.165) is 0 Å². The monoisotopic (exact) mass is 198 g/mol. The number of rotatable bonds is 3. The highest BCUT2D eigenvalue weighted by molar-refractivity contribution is 7.59. The van der Waals surface area contributed by atoms with Gasteiger partial charge in [0.1, 0.15) is 0 Å². The van der Waals surface area contributed by atoms with E-state index in [2.05, 4.69) is 37.3 Å². The van der Waals surface area contributed by atoms with Crippen LogP contribution < -0.4 is 0 Å². The molecule has 0 amide bonds. The molecular formula is C12H22S. The smallest absolute Gasteiger partial charge is 0.0279 e. The summed E-state index contributed by atoms with van der Waals surface area (Å²) in [6.07, 6.45) is 3.83. The molecule has 0 aliphatic rings. The third-order valence-corrected chi connectivity index (χ3v) is 1.66. The normalized spacial score (nSPS) is 7.92. The molecule has 1 aromatic rings. The molecular weight excluding hydrogens is 176 g/mol. The Bertz CT molecular complexity index is 170. The second kappa shape index (κ2) is 11.6. The van der Waals surface area contributed by atoms with Gasteiger partial charge in [0.2, 0.25) is 0 Å². The number of hydrogen-bond donors (Lipinski definition) is 0. The predicted molar refractivity (Wildman–Crippen MR) is 66.8 cm³/mol.